The number of carboxylic acid groups (broad SMARTS) is 1. The highest BCUT2D eigenvalue weighted by molar-refractivity contribution is 5.91. The zero-order chi connectivity index (χ0) is 26.7. The molecular formula is C30H28N2O6. The van der Waals surface area contributed by atoms with Gasteiger partial charge in [0.2, 0.25) is 0 Å². The predicted octanol–water partition coefficient (Wildman–Crippen LogP) is 6.23. The molecule has 1 aliphatic carbocycles. The van der Waals surface area contributed by atoms with Crippen molar-refractivity contribution in [1.29, 1.82) is 0 Å². The topological polar surface area (TPSA) is 111 Å². The molecule has 1 aromatic heterocycles. The van der Waals surface area contributed by atoms with Crippen LogP contribution in [0.1, 0.15) is 29.7 Å². The van der Waals surface area contributed by atoms with E-state index in [0.29, 0.717) is 36.4 Å². The van der Waals surface area contributed by atoms with Crippen LogP contribution < -0.4 is 10.1 Å². The average Bonchev–Trinajstić information content (AvgIpc) is 3.68. The van der Waals surface area contributed by atoms with E-state index in [1.165, 1.54) is 0 Å². The number of carbonyl (C=O) groups excluding carboxylic acids is 1. The summed E-state index contributed by atoms with van der Waals surface area (Å²) in [5.74, 6) is 0.421. The molecule has 0 atom stereocenters. The lowest BCUT2D eigenvalue weighted by molar-refractivity contribution is -0.140. The molecule has 38 heavy (non-hydrogen) atoms. The summed E-state index contributed by atoms with van der Waals surface area (Å²) in [5.41, 5.74) is 4.76. The number of methoxy groups -OCH3 is 1. The Bertz CT molecular complexity index is 1450. The molecule has 1 fully saturated rings. The molecule has 0 spiro atoms. The first-order chi connectivity index (χ1) is 18.4. The number of para-hydroxylation sites is 1. The van der Waals surface area contributed by atoms with Crippen LogP contribution in [0.3, 0.4) is 0 Å². The second kappa shape index (κ2) is 10.4. The number of ether oxygens (including phenoxy) is 2. The number of carbonyl (C=O) groups is 2. The van der Waals surface area contributed by atoms with E-state index in [1.807, 2.05) is 72.8 Å². The largest absolute Gasteiger partial charge is 0.496 e. The highest BCUT2D eigenvalue weighted by Gasteiger charge is 2.51. The summed E-state index contributed by atoms with van der Waals surface area (Å²) in [4.78, 5) is 24.1. The number of nitrogens with zero attached hydrogens (tertiary/aromatic N) is 1. The number of aryl methyl sites for hydroxylation is 1. The van der Waals surface area contributed by atoms with Crippen LogP contribution >= 0.6 is 0 Å². The van der Waals surface area contributed by atoms with Gasteiger partial charge < -0.3 is 19.1 Å². The number of nitrogens with one attached hydrogen (secondary N) is 1. The zero-order valence-electron chi connectivity index (χ0n) is 21.2. The minimum atomic E-state index is -0.762. The first-order valence-electron chi connectivity index (χ1n) is 12.4. The number of rotatable bonds is 9. The van der Waals surface area contributed by atoms with Crippen LogP contribution in [0.15, 0.2) is 77.3 Å². The predicted molar refractivity (Wildman–Crippen MR) is 142 cm³/mol. The van der Waals surface area contributed by atoms with E-state index < -0.39 is 17.5 Å². The number of benzene rings is 3. The Morgan fingerprint density at radius 3 is 2.24 bits per heavy atom. The molecule has 5 rings (SSSR count). The molecule has 0 radical (unpaired) electrons. The highest BCUT2D eigenvalue weighted by atomic mass is 16.5. The fourth-order valence-corrected chi connectivity index (χ4v) is 4.56. The molecule has 0 bridgehead atoms. The second-order valence-corrected chi connectivity index (χ2v) is 9.34. The molecular weight excluding hydrogens is 484 g/mol. The zero-order valence-corrected chi connectivity index (χ0v) is 21.2. The molecule has 0 saturated heterocycles. The van der Waals surface area contributed by atoms with Crippen molar-refractivity contribution in [3.05, 3.63) is 89.6 Å². The Morgan fingerprint density at radius 1 is 0.974 bits per heavy atom. The molecule has 2 N–H and O–H groups in total. The van der Waals surface area contributed by atoms with Crippen LogP contribution in [0.4, 0.5) is 10.5 Å². The first kappa shape index (κ1) is 25.1. The van der Waals surface area contributed by atoms with Gasteiger partial charge in [0.05, 0.1) is 19.1 Å². The summed E-state index contributed by atoms with van der Waals surface area (Å²) in [6, 6.07) is 22.9. The second-order valence-electron chi connectivity index (χ2n) is 9.34. The minimum absolute atomic E-state index is 0.187. The molecule has 8 nitrogen and oxygen atoms in total. The number of hydrogen-bond acceptors (Lipinski definition) is 6. The van der Waals surface area contributed by atoms with Crippen molar-refractivity contribution in [2.75, 3.05) is 19.0 Å². The molecule has 4 aromatic rings. The van der Waals surface area contributed by atoms with E-state index in [4.69, 9.17) is 14.0 Å². The fraction of sp³-hybridized carbons (Fsp3) is 0.233. The summed E-state index contributed by atoms with van der Waals surface area (Å²) in [6.07, 6.45) is 1.28. The maximum Gasteiger partial charge on any atom is 0.411 e. The Kier molecular flexibility index (Phi) is 6.87. The van der Waals surface area contributed by atoms with Crippen molar-refractivity contribution in [3.63, 3.8) is 0 Å². The van der Waals surface area contributed by atoms with E-state index in [2.05, 4.69) is 10.5 Å². The number of aromatic nitrogens is 1. The van der Waals surface area contributed by atoms with Gasteiger partial charge in [-0.15, -0.1) is 0 Å². The summed E-state index contributed by atoms with van der Waals surface area (Å²) >= 11 is 0. The van der Waals surface area contributed by atoms with Crippen molar-refractivity contribution in [2.24, 2.45) is 0 Å². The molecule has 0 aliphatic heterocycles. The lowest BCUT2D eigenvalue weighted by Gasteiger charge is -2.11. The smallest absolute Gasteiger partial charge is 0.411 e. The minimum Gasteiger partial charge on any atom is -0.496 e. The molecule has 8 heteroatoms. The van der Waals surface area contributed by atoms with Crippen LogP contribution in [0, 0.1) is 6.92 Å². The van der Waals surface area contributed by atoms with Crippen LogP contribution in [0.5, 0.6) is 5.75 Å². The van der Waals surface area contributed by atoms with Crippen molar-refractivity contribution in [1.82, 2.24) is 5.16 Å². The lowest BCUT2D eigenvalue weighted by Crippen LogP contribution is -2.19. The van der Waals surface area contributed by atoms with Gasteiger partial charge in [0.1, 0.15) is 17.1 Å². The van der Waals surface area contributed by atoms with E-state index in [1.54, 1.807) is 14.0 Å². The lowest BCUT2D eigenvalue weighted by atomic mass is 9.93. The first-order valence-corrected chi connectivity index (χ1v) is 12.4. The van der Waals surface area contributed by atoms with Crippen molar-refractivity contribution in [3.8, 4) is 28.2 Å². The van der Waals surface area contributed by atoms with E-state index in [0.717, 1.165) is 33.6 Å². The normalized spacial score (nSPS) is 13.5. The summed E-state index contributed by atoms with van der Waals surface area (Å²) in [6.45, 7) is 1.93. The average molecular weight is 513 g/mol. The summed E-state index contributed by atoms with van der Waals surface area (Å²) < 4.78 is 16.2. The Hall–Kier alpha value is -4.59. The molecule has 3 aromatic carbocycles. The van der Waals surface area contributed by atoms with Gasteiger partial charge in [-0.2, -0.15) is 0 Å². The van der Waals surface area contributed by atoms with Crippen LogP contribution in [-0.4, -0.2) is 36.0 Å². The number of carboxylic acids is 1. The Labute approximate surface area is 220 Å². The molecule has 194 valence electrons. The van der Waals surface area contributed by atoms with Crippen LogP contribution in [0.25, 0.3) is 22.5 Å². The quantitative estimate of drug-likeness (QED) is 0.273. The number of aliphatic carboxylic acids is 1. The van der Waals surface area contributed by atoms with Crippen molar-refractivity contribution in [2.45, 2.75) is 31.6 Å². The summed E-state index contributed by atoms with van der Waals surface area (Å²) in [5, 5.41) is 16.3. The van der Waals surface area contributed by atoms with Gasteiger partial charge in [0.25, 0.3) is 0 Å². The SMILES string of the molecule is COc1ccccc1CCOC(=O)Nc1c(C)noc1-c1ccc(-c2ccc(C3(C(=O)O)CC3)cc2)cc1. The Morgan fingerprint density at radius 2 is 1.61 bits per heavy atom. The molecule has 1 aliphatic rings. The maximum atomic E-state index is 12.5. The molecule has 0 unspecified atom stereocenters. The van der Waals surface area contributed by atoms with Gasteiger partial charge in [-0.3, -0.25) is 10.1 Å². The van der Waals surface area contributed by atoms with Crippen LogP contribution in [-0.2, 0) is 21.4 Å². The van der Waals surface area contributed by atoms with Gasteiger partial charge in [0, 0.05) is 12.0 Å². The van der Waals surface area contributed by atoms with E-state index in [9.17, 15) is 14.7 Å². The monoisotopic (exact) mass is 512 g/mol. The highest BCUT2D eigenvalue weighted by Crippen LogP contribution is 2.48. The summed E-state index contributed by atoms with van der Waals surface area (Å²) in [7, 11) is 1.61. The van der Waals surface area contributed by atoms with Gasteiger partial charge in [-0.05, 0) is 48.1 Å². The molecule has 1 amide bonds. The number of amides is 1. The van der Waals surface area contributed by atoms with Crippen LogP contribution in [0.2, 0.25) is 0 Å². The van der Waals surface area contributed by atoms with Crippen molar-refractivity contribution >= 4 is 17.7 Å². The van der Waals surface area contributed by atoms with Gasteiger partial charge in [-0.1, -0.05) is 71.9 Å². The maximum absolute atomic E-state index is 12.5. The van der Waals surface area contributed by atoms with Gasteiger partial charge >= 0.3 is 12.1 Å². The standard InChI is InChI=1S/C30H28N2O6/c1-19-26(31-29(35)37-18-15-22-5-3-4-6-25(22)36-2)27(38-32-19)23-9-7-20(8-10-23)21-11-13-24(14-12-21)30(16-17-30)28(33)34/h3-14H,15-18H2,1-2H3,(H,31,35)(H,33,34). The molecule has 1 saturated carbocycles. The van der Waals surface area contributed by atoms with Gasteiger partial charge in [0.15, 0.2) is 5.76 Å². The van der Waals surface area contributed by atoms with E-state index in [-0.39, 0.29) is 6.61 Å². The fourth-order valence-electron chi connectivity index (χ4n) is 4.56. The molecule has 1 heterocycles. The number of anilines is 1. The number of hydrogen-bond donors (Lipinski definition) is 2. The third-order valence-electron chi connectivity index (χ3n) is 6.96. The third-order valence-corrected chi connectivity index (χ3v) is 6.96. The van der Waals surface area contributed by atoms with E-state index >= 15 is 0 Å². The Balaban J connectivity index is 1.24. The third kappa shape index (κ3) is 4.98. The van der Waals surface area contributed by atoms with Gasteiger partial charge in [-0.25, -0.2) is 4.79 Å². The van der Waals surface area contributed by atoms with Crippen molar-refractivity contribution < 1.29 is 28.7 Å².